The topological polar surface area (TPSA) is 64.4 Å². The predicted octanol–water partition coefficient (Wildman–Crippen LogP) is 3.08. The molecule has 0 unspecified atom stereocenters. The molecule has 0 spiro atoms. The van der Waals surface area contributed by atoms with Crippen molar-refractivity contribution in [3.8, 4) is 6.07 Å². The van der Waals surface area contributed by atoms with Crippen LogP contribution < -0.4 is 0 Å². The summed E-state index contributed by atoms with van der Waals surface area (Å²) in [5.41, 5.74) is 1.61. The van der Waals surface area contributed by atoms with E-state index in [4.69, 9.17) is 5.26 Å². The zero-order chi connectivity index (χ0) is 19.9. The Morgan fingerprint density at radius 3 is 2.39 bits per heavy atom. The number of nitrogens with zero attached hydrogens (tertiary/aromatic N) is 3. The van der Waals surface area contributed by atoms with Gasteiger partial charge in [0, 0.05) is 26.2 Å². The molecular formula is C20H22IN3O2SU. The molecule has 1 heterocycles. The van der Waals surface area contributed by atoms with Gasteiger partial charge in [-0.2, -0.15) is 57.6 Å². The Kier molecular flexibility index (Phi) is 11.3. The van der Waals surface area contributed by atoms with Crippen molar-refractivity contribution >= 4 is 32.6 Å². The molecule has 1 saturated heterocycles. The van der Waals surface area contributed by atoms with Crippen LogP contribution in [0.25, 0.3) is 0 Å². The molecule has 5 nitrogen and oxygen atoms in total. The Morgan fingerprint density at radius 1 is 1.21 bits per heavy atom. The Morgan fingerprint density at radius 2 is 1.89 bits per heavy atom. The van der Waals surface area contributed by atoms with Crippen LogP contribution in [-0.4, -0.2) is 50.3 Å². The number of halogens is 1. The standard InChI is InChI=1S/C13H16N3O2S.C7H6I.U/c1-2-15-6-8-16(9-7-15)19(17,18)13-5-3-4-12(10-13)11-14;1-6-3-2-4-7(8)5-6;/h3-4,10H,2,6-9H2,1H3;3-5H,1H3;/q2*-1;+2. The molecule has 0 saturated carbocycles. The minimum absolute atomic E-state index is 0. The van der Waals surface area contributed by atoms with Crippen molar-refractivity contribution in [1.82, 2.24) is 9.21 Å². The van der Waals surface area contributed by atoms with E-state index in [0.717, 1.165) is 19.6 Å². The summed E-state index contributed by atoms with van der Waals surface area (Å²) in [4.78, 5) is 2.29. The molecule has 2 aromatic rings. The smallest absolute Gasteiger partial charge is 0.301 e. The van der Waals surface area contributed by atoms with Crippen molar-refractivity contribution in [1.29, 1.82) is 5.26 Å². The maximum atomic E-state index is 12.4. The first kappa shape index (κ1) is 25.6. The third-order valence-corrected chi connectivity index (χ3v) is 6.66. The summed E-state index contributed by atoms with van der Waals surface area (Å²) < 4.78 is 27.6. The first-order valence-corrected chi connectivity index (χ1v) is 11.2. The molecule has 0 N–H and O–H groups in total. The van der Waals surface area contributed by atoms with Crippen LogP contribution in [0, 0.1) is 65.1 Å². The van der Waals surface area contributed by atoms with E-state index in [1.807, 2.05) is 18.2 Å². The fourth-order valence-electron chi connectivity index (χ4n) is 2.64. The Balaban J connectivity index is 0.000000367. The van der Waals surface area contributed by atoms with Gasteiger partial charge in [0.05, 0.1) is 6.07 Å². The zero-order valence-corrected chi connectivity index (χ0v) is 23.1. The first-order valence-electron chi connectivity index (χ1n) is 8.64. The van der Waals surface area contributed by atoms with Crippen molar-refractivity contribution in [3.63, 3.8) is 0 Å². The molecular weight excluding hydrogens is 711 g/mol. The molecule has 0 bridgehead atoms. The van der Waals surface area contributed by atoms with Crippen molar-refractivity contribution < 1.29 is 39.5 Å². The molecule has 8 heteroatoms. The van der Waals surface area contributed by atoms with Crippen LogP contribution in [0.1, 0.15) is 18.1 Å². The Labute approximate surface area is 205 Å². The Bertz CT molecular complexity index is 890. The maximum absolute atomic E-state index is 12.4. The van der Waals surface area contributed by atoms with Crippen molar-refractivity contribution in [3.05, 3.63) is 63.2 Å². The van der Waals surface area contributed by atoms with Crippen LogP contribution in [0.3, 0.4) is 0 Å². The molecule has 2 aromatic carbocycles. The van der Waals surface area contributed by atoms with E-state index in [1.54, 1.807) is 6.07 Å². The number of hydrogen-bond acceptors (Lipinski definition) is 4. The van der Waals surface area contributed by atoms with Gasteiger partial charge in [0.2, 0.25) is 10.0 Å². The Hall–Kier alpha value is -0.418. The molecule has 0 aromatic heterocycles. The molecule has 0 aliphatic carbocycles. The summed E-state index contributed by atoms with van der Waals surface area (Å²) in [6.45, 7) is 7.53. The SMILES string of the molecule is CCN1CCN(S(=O)(=O)c2[c-]ccc(C#N)c2)CC1.Cc1c[c-]cc(I)c1.[U+2]. The second-order valence-electron chi connectivity index (χ2n) is 6.12. The molecule has 0 radical (unpaired) electrons. The van der Waals surface area contributed by atoms with Gasteiger partial charge in [-0.25, -0.2) is 8.42 Å². The summed E-state index contributed by atoms with van der Waals surface area (Å²) in [7, 11) is -3.53. The van der Waals surface area contributed by atoms with E-state index in [-0.39, 0.29) is 36.0 Å². The fraction of sp³-hybridized carbons (Fsp3) is 0.350. The van der Waals surface area contributed by atoms with Gasteiger partial charge in [-0.1, -0.05) is 23.0 Å². The number of aryl methyl sites for hydroxylation is 1. The summed E-state index contributed by atoms with van der Waals surface area (Å²) >= 11 is 2.27. The first-order chi connectivity index (χ1) is 12.9. The molecule has 1 aliphatic rings. The molecule has 0 atom stereocenters. The van der Waals surface area contributed by atoms with Crippen LogP contribution in [-0.2, 0) is 10.0 Å². The second kappa shape index (κ2) is 12.3. The summed E-state index contributed by atoms with van der Waals surface area (Å²) in [6, 6.07) is 18.1. The number of piperazine rings is 1. The average Bonchev–Trinajstić information content (AvgIpc) is 2.68. The van der Waals surface area contributed by atoms with Crippen LogP contribution in [0.2, 0.25) is 0 Å². The number of likely N-dealkylation sites (N-methyl/N-ethyl adjacent to an activating group) is 1. The van der Waals surface area contributed by atoms with Crippen molar-refractivity contribution in [2.24, 2.45) is 0 Å². The normalized spacial score (nSPS) is 14.9. The van der Waals surface area contributed by atoms with Gasteiger partial charge in [0.15, 0.2) is 0 Å². The van der Waals surface area contributed by atoms with Crippen LogP contribution in [0.4, 0.5) is 0 Å². The number of hydrogen-bond donors (Lipinski definition) is 0. The van der Waals surface area contributed by atoms with Crippen molar-refractivity contribution in [2.45, 2.75) is 18.7 Å². The maximum Gasteiger partial charge on any atom is 2.00 e. The van der Waals surface area contributed by atoms with Gasteiger partial charge < -0.3 is 4.90 Å². The molecule has 1 fully saturated rings. The number of benzene rings is 2. The van der Waals surface area contributed by atoms with E-state index >= 15 is 0 Å². The van der Waals surface area contributed by atoms with Crippen LogP contribution in [0.15, 0.2) is 41.3 Å². The minimum atomic E-state index is -3.53. The van der Waals surface area contributed by atoms with E-state index in [1.165, 1.54) is 25.6 Å². The van der Waals surface area contributed by atoms with E-state index < -0.39 is 10.0 Å². The van der Waals surface area contributed by atoms with Gasteiger partial charge >= 0.3 is 31.1 Å². The van der Waals surface area contributed by atoms with Crippen LogP contribution in [0.5, 0.6) is 0 Å². The predicted molar refractivity (Wildman–Crippen MR) is 114 cm³/mol. The van der Waals surface area contributed by atoms with E-state index in [2.05, 4.69) is 59.5 Å². The number of sulfonamides is 1. The number of rotatable bonds is 3. The summed E-state index contributed by atoms with van der Waals surface area (Å²) in [6.07, 6.45) is 0. The molecule has 28 heavy (non-hydrogen) atoms. The second-order valence-corrected chi connectivity index (χ2v) is 9.27. The summed E-state index contributed by atoms with van der Waals surface area (Å²) in [5.74, 6) is 0. The quantitative estimate of drug-likeness (QED) is 0.360. The monoisotopic (exact) mass is 733 g/mol. The molecule has 146 valence electrons. The largest absolute Gasteiger partial charge is 2.00 e. The van der Waals surface area contributed by atoms with Gasteiger partial charge in [0.1, 0.15) is 0 Å². The van der Waals surface area contributed by atoms with Gasteiger partial charge in [-0.3, -0.25) is 0 Å². The number of nitriles is 1. The zero-order valence-electron chi connectivity index (χ0n) is 15.9. The molecule has 3 rings (SSSR count). The third kappa shape index (κ3) is 7.44. The van der Waals surface area contributed by atoms with E-state index in [0.29, 0.717) is 18.7 Å². The fourth-order valence-corrected chi connectivity index (χ4v) is 4.73. The minimum Gasteiger partial charge on any atom is -0.301 e. The van der Waals surface area contributed by atoms with Gasteiger partial charge in [-0.05, 0) is 11.4 Å². The average molecular weight is 733 g/mol. The van der Waals surface area contributed by atoms with Gasteiger partial charge in [0.25, 0.3) is 0 Å². The summed E-state index contributed by atoms with van der Waals surface area (Å²) in [5, 5.41) is 8.83. The molecule has 1 aliphatic heterocycles. The van der Waals surface area contributed by atoms with E-state index in [9.17, 15) is 8.42 Å². The van der Waals surface area contributed by atoms with Gasteiger partial charge in [-0.15, -0.1) is 28.7 Å². The van der Waals surface area contributed by atoms with Crippen LogP contribution >= 0.6 is 22.6 Å². The molecule has 0 amide bonds. The van der Waals surface area contributed by atoms with Crippen molar-refractivity contribution in [2.75, 3.05) is 32.7 Å². The third-order valence-electron chi connectivity index (χ3n) is 4.20.